The summed E-state index contributed by atoms with van der Waals surface area (Å²) in [6.45, 7) is 6.02. The molecule has 1 aromatic rings. The minimum atomic E-state index is 0.0706. The topological polar surface area (TPSA) is 29.5 Å². The number of hydrogen-bond acceptors (Lipinski definition) is 2. The second kappa shape index (κ2) is 4.28. The predicted octanol–water partition coefficient (Wildman–Crippen LogP) is 2.27. The monoisotopic (exact) mass is 180 g/mol. The van der Waals surface area contributed by atoms with Gasteiger partial charge in [-0.15, -0.1) is 0 Å². The van der Waals surface area contributed by atoms with Crippen molar-refractivity contribution in [1.82, 2.24) is 0 Å². The molecular formula is C11H16O2. The van der Waals surface area contributed by atoms with Crippen LogP contribution in [0.1, 0.15) is 25.0 Å². The van der Waals surface area contributed by atoms with Gasteiger partial charge in [0, 0.05) is 0 Å². The van der Waals surface area contributed by atoms with Crippen molar-refractivity contribution in [2.24, 2.45) is 0 Å². The third-order valence-electron chi connectivity index (χ3n) is 1.86. The van der Waals surface area contributed by atoms with Crippen molar-refractivity contribution in [3.05, 3.63) is 29.3 Å². The van der Waals surface area contributed by atoms with Gasteiger partial charge in [0.2, 0.25) is 0 Å². The molecule has 13 heavy (non-hydrogen) atoms. The number of aryl methyl sites for hydroxylation is 1. The van der Waals surface area contributed by atoms with Crippen LogP contribution >= 0.6 is 0 Å². The Morgan fingerprint density at radius 3 is 2.62 bits per heavy atom. The first kappa shape index (κ1) is 10.1. The fraction of sp³-hybridized carbons (Fsp3) is 0.455. The highest BCUT2D eigenvalue weighted by molar-refractivity contribution is 5.34. The lowest BCUT2D eigenvalue weighted by Crippen LogP contribution is -2.06. The maximum Gasteiger partial charge on any atom is 0.120 e. The fourth-order valence-electron chi connectivity index (χ4n) is 1.16. The second-order valence-corrected chi connectivity index (χ2v) is 3.41. The lowest BCUT2D eigenvalue weighted by molar-refractivity contribution is 0.240. The van der Waals surface area contributed by atoms with E-state index in [0.717, 1.165) is 16.9 Å². The van der Waals surface area contributed by atoms with Crippen LogP contribution in [0, 0.1) is 6.92 Å². The molecule has 0 aliphatic heterocycles. The van der Waals surface area contributed by atoms with Crippen LogP contribution in [0.4, 0.5) is 0 Å². The van der Waals surface area contributed by atoms with Gasteiger partial charge in [-0.1, -0.05) is 6.07 Å². The van der Waals surface area contributed by atoms with Crippen molar-refractivity contribution in [2.75, 3.05) is 0 Å². The molecular weight excluding hydrogens is 164 g/mol. The summed E-state index contributed by atoms with van der Waals surface area (Å²) in [6, 6.07) is 5.77. The molecule has 0 bridgehead atoms. The van der Waals surface area contributed by atoms with E-state index in [2.05, 4.69) is 0 Å². The molecule has 0 fully saturated rings. The quantitative estimate of drug-likeness (QED) is 0.773. The normalized spacial score (nSPS) is 10.5. The fourth-order valence-corrected chi connectivity index (χ4v) is 1.16. The summed E-state index contributed by atoms with van der Waals surface area (Å²) in [7, 11) is 0. The van der Waals surface area contributed by atoms with Crippen molar-refractivity contribution < 1.29 is 9.84 Å². The molecule has 0 saturated carbocycles. The highest BCUT2D eigenvalue weighted by Crippen LogP contribution is 2.18. The average molecular weight is 180 g/mol. The van der Waals surface area contributed by atoms with Gasteiger partial charge in [0.1, 0.15) is 5.75 Å². The van der Waals surface area contributed by atoms with E-state index in [4.69, 9.17) is 9.84 Å². The highest BCUT2D eigenvalue weighted by Gasteiger charge is 2.01. The van der Waals surface area contributed by atoms with E-state index in [1.165, 1.54) is 0 Å². The number of hydrogen-bond donors (Lipinski definition) is 1. The van der Waals surface area contributed by atoms with Crippen molar-refractivity contribution in [3.63, 3.8) is 0 Å². The summed E-state index contributed by atoms with van der Waals surface area (Å²) in [5.74, 6) is 0.824. The molecule has 0 saturated heterocycles. The Hall–Kier alpha value is -1.02. The number of ether oxygens (including phenoxy) is 1. The summed E-state index contributed by atoms with van der Waals surface area (Å²) in [6.07, 6.45) is 0.175. The smallest absolute Gasteiger partial charge is 0.120 e. The van der Waals surface area contributed by atoms with Crippen LogP contribution in [0.3, 0.4) is 0 Å². The van der Waals surface area contributed by atoms with Crippen LogP contribution in [0.2, 0.25) is 0 Å². The number of aliphatic hydroxyl groups is 1. The maximum absolute atomic E-state index is 9.02. The van der Waals surface area contributed by atoms with Crippen LogP contribution in [0.15, 0.2) is 18.2 Å². The van der Waals surface area contributed by atoms with E-state index in [0.29, 0.717) is 0 Å². The van der Waals surface area contributed by atoms with Crippen LogP contribution in [0.5, 0.6) is 5.75 Å². The van der Waals surface area contributed by atoms with Crippen molar-refractivity contribution in [3.8, 4) is 5.75 Å². The van der Waals surface area contributed by atoms with E-state index >= 15 is 0 Å². The van der Waals surface area contributed by atoms with Gasteiger partial charge >= 0.3 is 0 Å². The van der Waals surface area contributed by atoms with Crippen LogP contribution in [-0.2, 0) is 6.61 Å². The Labute approximate surface area is 79.2 Å². The Morgan fingerprint density at radius 2 is 2.08 bits per heavy atom. The molecule has 1 N–H and O–H groups in total. The lowest BCUT2D eigenvalue weighted by Gasteiger charge is -2.11. The maximum atomic E-state index is 9.02. The number of aliphatic hydroxyl groups excluding tert-OH is 1. The second-order valence-electron chi connectivity index (χ2n) is 3.41. The first-order valence-corrected chi connectivity index (χ1v) is 4.50. The summed E-state index contributed by atoms with van der Waals surface area (Å²) in [5.41, 5.74) is 2.02. The molecule has 0 aliphatic carbocycles. The zero-order chi connectivity index (χ0) is 9.84. The SMILES string of the molecule is Cc1ccc(OC(C)C)cc1CO. The summed E-state index contributed by atoms with van der Waals surface area (Å²) in [4.78, 5) is 0. The van der Waals surface area contributed by atoms with E-state index in [9.17, 15) is 0 Å². The third kappa shape index (κ3) is 2.74. The standard InChI is InChI=1S/C11H16O2/c1-8(2)13-11-5-4-9(3)10(6-11)7-12/h4-6,8,12H,7H2,1-3H3. The Balaban J connectivity index is 2.86. The van der Waals surface area contributed by atoms with Gasteiger partial charge in [-0.3, -0.25) is 0 Å². The molecule has 0 heterocycles. The Kier molecular flexibility index (Phi) is 3.32. The van der Waals surface area contributed by atoms with Gasteiger partial charge in [-0.2, -0.15) is 0 Å². The molecule has 1 aromatic carbocycles. The molecule has 0 aromatic heterocycles. The van der Waals surface area contributed by atoms with Gasteiger partial charge in [0.25, 0.3) is 0 Å². The first-order chi connectivity index (χ1) is 6.13. The molecule has 0 atom stereocenters. The van der Waals surface area contributed by atoms with Gasteiger partial charge in [-0.05, 0) is 44.0 Å². The van der Waals surface area contributed by atoms with Crippen LogP contribution < -0.4 is 4.74 Å². The third-order valence-corrected chi connectivity index (χ3v) is 1.86. The summed E-state index contributed by atoms with van der Waals surface area (Å²) >= 11 is 0. The molecule has 72 valence electrons. The minimum absolute atomic E-state index is 0.0706. The zero-order valence-corrected chi connectivity index (χ0v) is 8.37. The van der Waals surface area contributed by atoms with Gasteiger partial charge in [0.05, 0.1) is 12.7 Å². The molecule has 0 amide bonds. The van der Waals surface area contributed by atoms with Gasteiger partial charge < -0.3 is 9.84 Å². The van der Waals surface area contributed by atoms with E-state index in [1.807, 2.05) is 39.0 Å². The molecule has 0 radical (unpaired) electrons. The largest absolute Gasteiger partial charge is 0.491 e. The molecule has 0 aliphatic rings. The van der Waals surface area contributed by atoms with Crippen molar-refractivity contribution in [1.29, 1.82) is 0 Å². The predicted molar refractivity (Wildman–Crippen MR) is 52.9 cm³/mol. The zero-order valence-electron chi connectivity index (χ0n) is 8.37. The molecule has 2 heteroatoms. The van der Waals surface area contributed by atoms with Crippen molar-refractivity contribution >= 4 is 0 Å². The highest BCUT2D eigenvalue weighted by atomic mass is 16.5. The van der Waals surface area contributed by atoms with E-state index < -0.39 is 0 Å². The Bertz CT molecular complexity index is 279. The Morgan fingerprint density at radius 1 is 1.38 bits per heavy atom. The summed E-state index contributed by atoms with van der Waals surface area (Å²) in [5, 5.41) is 9.02. The number of benzene rings is 1. The van der Waals surface area contributed by atoms with Gasteiger partial charge in [0.15, 0.2) is 0 Å². The van der Waals surface area contributed by atoms with Gasteiger partial charge in [-0.25, -0.2) is 0 Å². The number of rotatable bonds is 3. The molecule has 0 spiro atoms. The van der Waals surface area contributed by atoms with Crippen LogP contribution in [0.25, 0.3) is 0 Å². The lowest BCUT2D eigenvalue weighted by atomic mass is 10.1. The molecule has 0 unspecified atom stereocenters. The van der Waals surface area contributed by atoms with Crippen LogP contribution in [-0.4, -0.2) is 11.2 Å². The summed E-state index contributed by atoms with van der Waals surface area (Å²) < 4.78 is 5.50. The van der Waals surface area contributed by atoms with Crippen molar-refractivity contribution in [2.45, 2.75) is 33.5 Å². The van der Waals surface area contributed by atoms with E-state index in [-0.39, 0.29) is 12.7 Å². The molecule has 2 nitrogen and oxygen atoms in total. The van der Waals surface area contributed by atoms with E-state index in [1.54, 1.807) is 0 Å². The average Bonchev–Trinajstić information content (AvgIpc) is 2.07. The first-order valence-electron chi connectivity index (χ1n) is 4.50. The minimum Gasteiger partial charge on any atom is -0.491 e. The molecule has 1 rings (SSSR count).